The van der Waals surface area contributed by atoms with Crippen molar-refractivity contribution in [3.63, 3.8) is 0 Å². The number of alkyl halides is 9. The van der Waals surface area contributed by atoms with Crippen molar-refractivity contribution >= 4 is 76.3 Å². The number of amides is 1. The quantitative estimate of drug-likeness (QED) is 0.0126. The first-order chi connectivity index (χ1) is 55.2. The van der Waals surface area contributed by atoms with Crippen molar-refractivity contribution in [2.75, 3.05) is 102 Å². The normalized spacial score (nSPS) is 13.6. The number of aliphatic hydroxyl groups excluding tert-OH is 1. The Morgan fingerprint density at radius 1 is 0.581 bits per heavy atom. The van der Waals surface area contributed by atoms with Crippen molar-refractivity contribution in [3.05, 3.63) is 204 Å². The van der Waals surface area contributed by atoms with Crippen LogP contribution in [0.25, 0.3) is 0 Å². The van der Waals surface area contributed by atoms with Gasteiger partial charge in [-0.3, -0.25) is 33.6 Å². The van der Waals surface area contributed by atoms with Crippen LogP contribution in [0, 0.1) is 12.8 Å². The van der Waals surface area contributed by atoms with Gasteiger partial charge in [0.05, 0.1) is 160 Å². The summed E-state index contributed by atoms with van der Waals surface area (Å²) in [5.41, 5.74) is 7.74. The molecular formula is C77H88ClF9N4O26. The van der Waals surface area contributed by atoms with E-state index in [2.05, 4.69) is 71.5 Å². The molecule has 4 aliphatic heterocycles. The maximum absolute atomic E-state index is 12.8. The van der Waals surface area contributed by atoms with Crippen LogP contribution in [0.2, 0.25) is 0 Å². The molecule has 30 nitrogen and oxygen atoms in total. The van der Waals surface area contributed by atoms with E-state index in [4.69, 9.17) is 50.9 Å². The van der Waals surface area contributed by atoms with Crippen LogP contribution >= 0.6 is 11.6 Å². The average molecular weight is 1690 g/mol. The van der Waals surface area contributed by atoms with Gasteiger partial charge in [0.2, 0.25) is 11.1 Å². The van der Waals surface area contributed by atoms with Crippen LogP contribution in [0.15, 0.2) is 137 Å². The molecule has 0 aliphatic carbocycles. The van der Waals surface area contributed by atoms with Gasteiger partial charge in [0.1, 0.15) is 37.7 Å². The summed E-state index contributed by atoms with van der Waals surface area (Å²) in [5.74, 6) is -6.96. The van der Waals surface area contributed by atoms with E-state index in [0.29, 0.717) is 52.3 Å². The number of hydrogen-bond acceptors (Lipinski definition) is 28. The van der Waals surface area contributed by atoms with Gasteiger partial charge in [-0.25, -0.2) is 24.0 Å². The number of pyridine rings is 1. The second-order valence-electron chi connectivity index (χ2n) is 23.5. The number of ketones is 1. The molecule has 1 unspecified atom stereocenters. The molecule has 0 spiro atoms. The highest BCUT2D eigenvalue weighted by Crippen LogP contribution is 2.34. The molecule has 1 amide bonds. The van der Waals surface area contributed by atoms with Gasteiger partial charge in [-0.05, 0) is 97.9 Å². The number of esters is 8. The van der Waals surface area contributed by atoms with Gasteiger partial charge in [-0.15, -0.1) is 0 Å². The minimum absolute atomic E-state index is 0.0147. The largest absolute Gasteiger partial charge is 0.506 e. The average Bonchev–Trinajstić information content (AvgIpc) is 1.69. The Labute approximate surface area is 669 Å². The lowest BCUT2D eigenvalue weighted by Gasteiger charge is -2.24. The Kier molecular flexibility index (Phi) is 44.8. The third kappa shape index (κ3) is 35.3. The number of Topliss-reactive ketones (excluding diaryl/α,β-unsaturated/α-hetero) is 1. The molecule has 1 fully saturated rings. The third-order valence-electron chi connectivity index (χ3n) is 15.5. The maximum Gasteiger partial charge on any atom is 0.416 e. The van der Waals surface area contributed by atoms with E-state index in [1.165, 1.54) is 87.6 Å². The number of carbonyl (C=O) groups is 11. The van der Waals surface area contributed by atoms with Gasteiger partial charge < -0.3 is 87.6 Å². The molecule has 1 atom stereocenters. The number of halogens is 10. The number of nitrogens with two attached hydrogens (primary N) is 1. The van der Waals surface area contributed by atoms with E-state index >= 15 is 0 Å². The van der Waals surface area contributed by atoms with Crippen LogP contribution in [0.4, 0.5) is 39.5 Å². The summed E-state index contributed by atoms with van der Waals surface area (Å²) in [7, 11) is 6.24. The Bertz CT molecular complexity index is 4280. The molecule has 117 heavy (non-hydrogen) atoms. The number of aromatic nitrogens is 1. The number of benzene rings is 4. The summed E-state index contributed by atoms with van der Waals surface area (Å²) in [6.45, 7) is 11.1. The third-order valence-corrected chi connectivity index (χ3v) is 15.6. The molecule has 5 heterocycles. The van der Waals surface area contributed by atoms with E-state index in [0.717, 1.165) is 47.4 Å². The van der Waals surface area contributed by atoms with Crippen LogP contribution in [0.5, 0.6) is 5.75 Å². The van der Waals surface area contributed by atoms with Crippen molar-refractivity contribution in [3.8, 4) is 5.75 Å². The lowest BCUT2D eigenvalue weighted by Crippen LogP contribution is -2.34. The van der Waals surface area contributed by atoms with Crippen molar-refractivity contribution < 1.29 is 159 Å². The van der Waals surface area contributed by atoms with Crippen molar-refractivity contribution in [2.45, 2.75) is 98.5 Å². The number of nitrogens with zero attached hydrogens (tertiary/aromatic N) is 2. The van der Waals surface area contributed by atoms with Crippen LogP contribution in [0.3, 0.4) is 0 Å². The summed E-state index contributed by atoms with van der Waals surface area (Å²) in [4.78, 5) is 135. The second kappa shape index (κ2) is 51.6. The van der Waals surface area contributed by atoms with E-state index in [1.807, 2.05) is 0 Å². The molecule has 0 bridgehead atoms. The lowest BCUT2D eigenvalue weighted by molar-refractivity contribution is -0.149. The van der Waals surface area contributed by atoms with E-state index < -0.39 is 130 Å². The molecule has 5 N–H and O–H groups in total. The highest BCUT2D eigenvalue weighted by molar-refractivity contribution is 6.64. The molecule has 40 heteroatoms. The monoisotopic (exact) mass is 1690 g/mol. The summed E-state index contributed by atoms with van der Waals surface area (Å²) in [6, 6.07) is 21.7. The number of aryl methyl sites for hydroxylation is 1. The highest BCUT2D eigenvalue weighted by Gasteiger charge is 2.36. The number of aliphatic hydroxyl groups is 1. The highest BCUT2D eigenvalue weighted by atomic mass is 35.5. The van der Waals surface area contributed by atoms with Gasteiger partial charge >= 0.3 is 66.3 Å². The standard InChI is InChI=1S/C19H20F3NO6.C18H16F3NO5.C14H14F3NO3.C8H11N.C6H8O4.C5H7ClO3.C4H6O2.C3H6O3/c1-3-29-17(25)8-16(24)23(15-11-28-10-14(15)18(26)27-2)9-12-4-6-13(7-5-12)19(20,21)22;1-2-27-17(25)14-15(23)12-8-26-9-13(12)22(16(14)24)7-10-3-5-11(6-4-10)18(19,20)21;1-20-13(19)11-7-21-8-12(11)18-6-9-2-4-10(5-3-9)14(15,16)17;1-7-2-4-8(6-9)5-3-7;1-9-6(8)4-2-10-3-5(4)7;1-2-9-5(8)3-4(6)7;1-3-4(5)6-2;1-6-3(5)2-4/h4-7H,3,8-11H2,1-2H3;3-6,23H,2,7-9H2,1H3;2-5,18H,6-8H2,1H3;2-5H,6,9H2,1H3;4H,2-3H2,1H3;2-3H2,1H3;3H,1H2,2H3;4H,2H2,1H3. The van der Waals surface area contributed by atoms with Crippen LogP contribution in [-0.4, -0.2) is 186 Å². The zero-order chi connectivity index (χ0) is 88.3. The number of methoxy groups -OCH3 is 5. The fraction of sp³-hybridized carbons (Fsp3) is 0.403. The Balaban J connectivity index is 0.000000485. The molecule has 4 aliphatic rings. The van der Waals surface area contributed by atoms with Crippen molar-refractivity contribution in [1.82, 2.24) is 14.8 Å². The number of fused-ring (bicyclic) bond motifs is 1. The minimum Gasteiger partial charge on any atom is -0.506 e. The predicted molar refractivity (Wildman–Crippen MR) is 392 cm³/mol. The molecule has 0 saturated carbocycles. The zero-order valence-corrected chi connectivity index (χ0v) is 65.5. The maximum atomic E-state index is 12.8. The van der Waals surface area contributed by atoms with Crippen LogP contribution in [0.1, 0.15) is 99.7 Å². The van der Waals surface area contributed by atoms with E-state index in [9.17, 15) is 102 Å². The topological polar surface area (TPSA) is 402 Å². The van der Waals surface area contributed by atoms with E-state index in [-0.39, 0.29) is 109 Å². The number of aromatic hydroxyl groups is 1. The van der Waals surface area contributed by atoms with Gasteiger partial charge in [-0.2, -0.15) is 39.5 Å². The molecule has 4 aromatic carbocycles. The Hall–Kier alpha value is -11.4. The molecule has 0 radical (unpaired) electrons. The minimum atomic E-state index is -4.49. The van der Waals surface area contributed by atoms with Crippen molar-refractivity contribution in [2.24, 2.45) is 11.7 Å². The van der Waals surface area contributed by atoms with Gasteiger partial charge in [-0.1, -0.05) is 72.8 Å². The first kappa shape index (κ1) is 102. The molecule has 5 aromatic rings. The number of ether oxygens (including phenoxy) is 12. The zero-order valence-electron chi connectivity index (χ0n) is 64.8. The Morgan fingerprint density at radius 3 is 1.49 bits per heavy atom. The predicted octanol–water partition coefficient (Wildman–Crippen LogP) is 8.56. The molecular weight excluding hydrogens is 1600 g/mol. The molecule has 642 valence electrons. The molecule has 9 rings (SSSR count). The summed E-state index contributed by atoms with van der Waals surface area (Å²) in [5, 5.41) is 20.5. The summed E-state index contributed by atoms with van der Waals surface area (Å²) in [6.07, 6.45) is -13.1. The number of rotatable bonds is 22. The van der Waals surface area contributed by atoms with Crippen molar-refractivity contribution in [1.29, 1.82) is 0 Å². The van der Waals surface area contributed by atoms with Gasteiger partial charge in [0.15, 0.2) is 11.3 Å². The first-order valence-corrected chi connectivity index (χ1v) is 34.9. The number of hydrogen-bond donors (Lipinski definition) is 4. The first-order valence-electron chi connectivity index (χ1n) is 34.5. The summed E-state index contributed by atoms with van der Waals surface area (Å²) < 4.78 is 171. The van der Waals surface area contributed by atoms with Gasteiger partial charge in [0, 0.05) is 24.7 Å². The van der Waals surface area contributed by atoms with E-state index in [1.54, 1.807) is 20.8 Å². The van der Waals surface area contributed by atoms with Crippen LogP contribution in [-0.2, 0) is 163 Å². The summed E-state index contributed by atoms with van der Waals surface area (Å²) >= 11 is 4.87. The fourth-order valence-corrected chi connectivity index (χ4v) is 9.65. The Morgan fingerprint density at radius 2 is 1.06 bits per heavy atom. The fourth-order valence-electron chi connectivity index (χ4n) is 9.54. The van der Waals surface area contributed by atoms with Crippen LogP contribution < -0.4 is 16.6 Å². The smallest absolute Gasteiger partial charge is 0.416 e. The molecule has 1 aromatic heterocycles. The number of carbonyl (C=O) groups excluding carboxylic acids is 11. The molecule has 1 saturated heterocycles. The SMILES string of the molecule is C=CC(=O)OC.CCOC(=O)CC(=O)Cl.CCOC(=O)CC(=O)N(Cc1ccc(C(F)(F)F)cc1)C1=C(C(=O)OC)COC1.CCOC(=O)c1c(O)c2c(n(Cc3ccc(C(F)(F)F)cc3)c1=O)COC2.COC(=O)C1=C(NCc2ccc(C(F)(F)F)cc2)COC1.COC(=O)C1COCC1=O.COC(=O)CO.Cc1ccc(CN)cc1. The van der Waals surface area contributed by atoms with Gasteiger partial charge in [0.25, 0.3) is 5.56 Å². The second-order valence-corrected chi connectivity index (χ2v) is 24.0. The lowest BCUT2D eigenvalue weighted by atomic mass is 10.1. The number of nitrogens with one attached hydrogen (secondary N) is 1.